The minimum atomic E-state index is -6.11. The van der Waals surface area contributed by atoms with Crippen molar-refractivity contribution in [3.63, 3.8) is 0 Å². The van der Waals surface area contributed by atoms with E-state index in [1.54, 1.807) is 0 Å². The van der Waals surface area contributed by atoms with Gasteiger partial charge in [0.2, 0.25) is 0 Å². The number of nitrogens with one attached hydrogen (secondary N) is 1. The van der Waals surface area contributed by atoms with Gasteiger partial charge in [-0.05, 0) is 60.7 Å². The molecule has 0 radical (unpaired) electrons. The van der Waals surface area contributed by atoms with Crippen LogP contribution in [-0.4, -0.2) is 52.4 Å². The van der Waals surface area contributed by atoms with Gasteiger partial charge in [-0.15, -0.1) is 0 Å². The van der Waals surface area contributed by atoms with Crippen LogP contribution in [0.3, 0.4) is 0 Å². The second-order valence-corrected chi connectivity index (χ2v) is 11.9. The maximum Gasteiger partial charge on any atom is 0.512 e. The SMILES string of the molecule is O=S(=O)(NS(=O)(=O)C(F)(F)F)OCC12CC3CC(CO)(CC(CO)(C3)C1)C2. The Labute approximate surface area is 155 Å². The molecule has 0 aromatic heterocycles. The molecule has 13 heteroatoms. The van der Waals surface area contributed by atoms with Crippen LogP contribution in [0.4, 0.5) is 13.2 Å². The van der Waals surface area contributed by atoms with Crippen molar-refractivity contribution in [2.75, 3.05) is 19.8 Å². The van der Waals surface area contributed by atoms with Crippen molar-refractivity contribution in [1.29, 1.82) is 0 Å². The third kappa shape index (κ3) is 3.86. The molecule has 4 rings (SSSR count). The van der Waals surface area contributed by atoms with Crippen LogP contribution in [0.1, 0.15) is 38.5 Å². The number of aliphatic hydroxyl groups excluding tert-OH is 2. The topological polar surface area (TPSA) is 130 Å². The molecule has 0 heterocycles. The molecule has 0 saturated heterocycles. The minimum absolute atomic E-state index is 0.138. The Bertz CT molecular complexity index is 791. The number of sulfonamides is 1. The molecule has 0 amide bonds. The number of alkyl halides is 3. The summed E-state index contributed by atoms with van der Waals surface area (Å²) in [7, 11) is -11.3. The van der Waals surface area contributed by atoms with E-state index in [9.17, 15) is 40.2 Å². The Morgan fingerprint density at radius 3 is 1.81 bits per heavy atom. The van der Waals surface area contributed by atoms with Gasteiger partial charge in [-0.3, -0.25) is 4.18 Å². The zero-order valence-corrected chi connectivity index (χ0v) is 16.0. The number of halogens is 3. The summed E-state index contributed by atoms with van der Waals surface area (Å²) in [6, 6.07) is 0. The molecule has 4 aliphatic rings. The van der Waals surface area contributed by atoms with E-state index < -0.39 is 48.7 Å². The molecule has 0 aromatic rings. The second kappa shape index (κ2) is 6.26. The Kier molecular flexibility index (Phi) is 4.93. The summed E-state index contributed by atoms with van der Waals surface area (Å²) in [6.45, 7) is -0.781. The summed E-state index contributed by atoms with van der Waals surface area (Å²) in [4.78, 5) is 0. The molecule has 2 atom stereocenters. The van der Waals surface area contributed by atoms with Crippen LogP contribution >= 0.6 is 0 Å². The van der Waals surface area contributed by atoms with Gasteiger partial charge in [-0.2, -0.15) is 21.6 Å². The van der Waals surface area contributed by atoms with Crippen LogP contribution in [0.5, 0.6) is 0 Å². The maximum absolute atomic E-state index is 12.4. The molecular weight excluding hydrogens is 415 g/mol. The van der Waals surface area contributed by atoms with Crippen molar-refractivity contribution in [2.45, 2.75) is 44.0 Å². The number of aliphatic hydroxyl groups is 2. The van der Waals surface area contributed by atoms with Crippen molar-refractivity contribution < 1.29 is 44.4 Å². The monoisotopic (exact) mass is 437 g/mol. The average molecular weight is 437 g/mol. The molecule has 158 valence electrons. The molecule has 4 fully saturated rings. The van der Waals surface area contributed by atoms with Crippen molar-refractivity contribution in [3.05, 3.63) is 0 Å². The fraction of sp³-hybridized carbons (Fsp3) is 1.00. The Morgan fingerprint density at radius 1 is 0.926 bits per heavy atom. The van der Waals surface area contributed by atoms with E-state index in [4.69, 9.17) is 0 Å². The fourth-order valence-electron chi connectivity index (χ4n) is 5.98. The molecule has 4 bridgehead atoms. The normalized spacial score (nSPS) is 39.1. The predicted molar refractivity (Wildman–Crippen MR) is 85.6 cm³/mol. The molecule has 0 spiro atoms. The van der Waals surface area contributed by atoms with Crippen molar-refractivity contribution in [2.24, 2.45) is 22.2 Å². The van der Waals surface area contributed by atoms with Crippen LogP contribution in [0.2, 0.25) is 0 Å². The molecular formula is C14H22F3NO7S2. The van der Waals surface area contributed by atoms with E-state index >= 15 is 0 Å². The summed E-state index contributed by atoms with van der Waals surface area (Å²) in [5.74, 6) is 0.138. The zero-order valence-electron chi connectivity index (χ0n) is 14.3. The predicted octanol–water partition coefficient (Wildman–Crippen LogP) is 0.628. The van der Waals surface area contributed by atoms with E-state index in [0.29, 0.717) is 29.8 Å². The first kappa shape index (κ1) is 21.2. The standard InChI is InChI=1S/C14H22F3NO7S2/c15-14(16,17)26(21,22)18-27(23,24)25-9-13-3-10-1-11(5-13,7-19)4-12(2-10,6-13)8-20/h10,18-20H,1-9H2. The summed E-state index contributed by atoms with van der Waals surface area (Å²) in [5.41, 5.74) is -7.50. The van der Waals surface area contributed by atoms with E-state index in [-0.39, 0.29) is 19.1 Å². The van der Waals surface area contributed by atoms with Gasteiger partial charge >= 0.3 is 25.8 Å². The first-order chi connectivity index (χ1) is 12.2. The summed E-state index contributed by atoms with van der Waals surface area (Å²) in [6.07, 6.45) is 3.45. The highest BCUT2D eigenvalue weighted by atomic mass is 32.3. The summed E-state index contributed by atoms with van der Waals surface area (Å²) >= 11 is 0. The van der Waals surface area contributed by atoms with E-state index in [2.05, 4.69) is 4.18 Å². The largest absolute Gasteiger partial charge is 0.512 e. The lowest BCUT2D eigenvalue weighted by Gasteiger charge is -2.66. The molecule has 0 aliphatic heterocycles. The lowest BCUT2D eigenvalue weighted by Crippen LogP contribution is -2.60. The second-order valence-electron chi connectivity index (χ2n) is 8.57. The van der Waals surface area contributed by atoms with E-state index in [1.807, 2.05) is 0 Å². The molecule has 4 aliphatic carbocycles. The van der Waals surface area contributed by atoms with Crippen molar-refractivity contribution in [3.8, 4) is 0 Å². The maximum atomic E-state index is 12.4. The molecule has 3 N–H and O–H groups in total. The van der Waals surface area contributed by atoms with Gasteiger partial charge in [0.25, 0.3) is 0 Å². The highest BCUT2D eigenvalue weighted by molar-refractivity contribution is 8.03. The average Bonchev–Trinajstić information content (AvgIpc) is 2.50. The van der Waals surface area contributed by atoms with Gasteiger partial charge in [0, 0.05) is 13.2 Å². The number of hydrogen-bond donors (Lipinski definition) is 3. The highest BCUT2D eigenvalue weighted by Gasteiger charge is 2.63. The smallest absolute Gasteiger partial charge is 0.396 e. The van der Waals surface area contributed by atoms with Crippen LogP contribution in [0.25, 0.3) is 0 Å². The number of rotatable bonds is 7. The summed E-state index contributed by atoms with van der Waals surface area (Å²) < 4.78 is 87.9. The van der Waals surface area contributed by atoms with Crippen molar-refractivity contribution >= 4 is 20.3 Å². The first-order valence-corrected chi connectivity index (χ1v) is 11.3. The Morgan fingerprint density at radius 2 is 1.37 bits per heavy atom. The lowest BCUT2D eigenvalue weighted by molar-refractivity contribution is -0.193. The van der Waals surface area contributed by atoms with Crippen LogP contribution in [0, 0.1) is 22.2 Å². The van der Waals surface area contributed by atoms with Crippen molar-refractivity contribution in [1.82, 2.24) is 4.13 Å². The Balaban J connectivity index is 1.78. The van der Waals surface area contributed by atoms with E-state index in [0.717, 1.165) is 12.8 Å². The fourth-order valence-corrected chi connectivity index (χ4v) is 8.03. The third-order valence-corrected chi connectivity index (χ3v) is 8.85. The Hall–Kier alpha value is -0.470. The van der Waals surface area contributed by atoms with Gasteiger partial charge in [-0.25, -0.2) is 8.42 Å². The van der Waals surface area contributed by atoms with Gasteiger partial charge < -0.3 is 10.2 Å². The molecule has 27 heavy (non-hydrogen) atoms. The lowest BCUT2D eigenvalue weighted by atomic mass is 9.40. The van der Waals surface area contributed by atoms with Crippen LogP contribution < -0.4 is 4.13 Å². The van der Waals surface area contributed by atoms with Gasteiger partial charge in [-0.1, -0.05) is 4.13 Å². The molecule has 8 nitrogen and oxygen atoms in total. The molecule has 0 aromatic carbocycles. The molecule has 4 saturated carbocycles. The number of hydrogen-bond acceptors (Lipinski definition) is 7. The van der Waals surface area contributed by atoms with E-state index in [1.165, 1.54) is 0 Å². The third-order valence-electron chi connectivity index (χ3n) is 6.12. The first-order valence-electron chi connectivity index (χ1n) is 8.40. The van der Waals surface area contributed by atoms with Gasteiger partial charge in [0.05, 0.1) is 6.61 Å². The molecule has 2 unspecified atom stereocenters. The summed E-state index contributed by atoms with van der Waals surface area (Å²) in [5, 5.41) is 19.7. The van der Waals surface area contributed by atoms with Gasteiger partial charge in [0.15, 0.2) is 0 Å². The van der Waals surface area contributed by atoms with Crippen LogP contribution in [0.15, 0.2) is 0 Å². The zero-order chi connectivity index (χ0) is 20.4. The highest BCUT2D eigenvalue weighted by Crippen LogP contribution is 2.69. The minimum Gasteiger partial charge on any atom is -0.396 e. The van der Waals surface area contributed by atoms with Crippen LogP contribution in [-0.2, 0) is 24.5 Å². The quantitative estimate of drug-likeness (QED) is 0.533. The van der Waals surface area contributed by atoms with Gasteiger partial charge in [0.1, 0.15) is 0 Å².